The molecule has 0 saturated heterocycles. The van der Waals surface area contributed by atoms with Crippen LogP contribution in [0.25, 0.3) is 0 Å². The SMILES string of the molecule is COc1cc(C(N)=O)c(C2CCCC2)cn1. The predicted octanol–water partition coefficient (Wildman–Crippen LogP) is 1.85. The molecule has 0 atom stereocenters. The number of hydrogen-bond donors (Lipinski definition) is 1. The van der Waals surface area contributed by atoms with Crippen LogP contribution in [0.3, 0.4) is 0 Å². The summed E-state index contributed by atoms with van der Waals surface area (Å²) in [7, 11) is 1.53. The molecule has 1 saturated carbocycles. The summed E-state index contributed by atoms with van der Waals surface area (Å²) in [6.07, 6.45) is 6.40. The summed E-state index contributed by atoms with van der Waals surface area (Å²) < 4.78 is 5.00. The Morgan fingerprint density at radius 3 is 2.75 bits per heavy atom. The van der Waals surface area contributed by atoms with Gasteiger partial charge in [0.15, 0.2) is 0 Å². The van der Waals surface area contributed by atoms with Gasteiger partial charge < -0.3 is 10.5 Å². The standard InChI is InChI=1S/C12H16N2O2/c1-16-11-6-9(12(13)15)10(7-14-11)8-4-2-3-5-8/h6-8H,2-5H2,1H3,(H2,13,15). The lowest BCUT2D eigenvalue weighted by Gasteiger charge is -2.13. The van der Waals surface area contributed by atoms with Crippen molar-refractivity contribution >= 4 is 5.91 Å². The lowest BCUT2D eigenvalue weighted by Crippen LogP contribution is -2.15. The summed E-state index contributed by atoms with van der Waals surface area (Å²) in [4.78, 5) is 15.5. The molecule has 2 rings (SSSR count). The number of pyridine rings is 1. The van der Waals surface area contributed by atoms with E-state index in [4.69, 9.17) is 10.5 Å². The second-order valence-electron chi connectivity index (χ2n) is 4.16. The van der Waals surface area contributed by atoms with Crippen molar-refractivity contribution < 1.29 is 9.53 Å². The third-order valence-electron chi connectivity index (χ3n) is 3.18. The van der Waals surface area contributed by atoms with Crippen LogP contribution in [0, 0.1) is 0 Å². The first-order valence-electron chi connectivity index (χ1n) is 5.56. The van der Waals surface area contributed by atoms with Crippen molar-refractivity contribution in [3.63, 3.8) is 0 Å². The minimum Gasteiger partial charge on any atom is -0.481 e. The summed E-state index contributed by atoms with van der Waals surface area (Å²) in [6, 6.07) is 1.63. The van der Waals surface area contributed by atoms with Gasteiger partial charge in [-0.2, -0.15) is 0 Å². The molecule has 1 aliphatic carbocycles. The number of hydrogen-bond acceptors (Lipinski definition) is 3. The fourth-order valence-electron chi connectivity index (χ4n) is 2.33. The number of methoxy groups -OCH3 is 1. The number of amides is 1. The average Bonchev–Trinajstić information content (AvgIpc) is 2.81. The molecule has 1 fully saturated rings. The molecule has 1 heterocycles. The molecule has 86 valence electrons. The molecular formula is C12H16N2O2. The molecule has 4 nitrogen and oxygen atoms in total. The van der Waals surface area contributed by atoms with Crippen LogP contribution >= 0.6 is 0 Å². The quantitative estimate of drug-likeness (QED) is 0.845. The van der Waals surface area contributed by atoms with E-state index in [0.717, 1.165) is 18.4 Å². The maximum Gasteiger partial charge on any atom is 0.249 e. The van der Waals surface area contributed by atoms with E-state index >= 15 is 0 Å². The van der Waals surface area contributed by atoms with E-state index in [1.807, 2.05) is 0 Å². The highest BCUT2D eigenvalue weighted by molar-refractivity contribution is 5.94. The molecule has 16 heavy (non-hydrogen) atoms. The molecular weight excluding hydrogens is 204 g/mol. The van der Waals surface area contributed by atoms with Crippen molar-refractivity contribution in [3.05, 3.63) is 23.4 Å². The minimum absolute atomic E-state index is 0.400. The maximum absolute atomic E-state index is 11.4. The first kappa shape index (κ1) is 10.9. The van der Waals surface area contributed by atoms with Gasteiger partial charge >= 0.3 is 0 Å². The number of nitrogens with zero attached hydrogens (tertiary/aromatic N) is 1. The van der Waals surface area contributed by atoms with Gasteiger partial charge in [-0.3, -0.25) is 4.79 Å². The van der Waals surface area contributed by atoms with Gasteiger partial charge in [0, 0.05) is 17.8 Å². The van der Waals surface area contributed by atoms with Crippen molar-refractivity contribution in [3.8, 4) is 5.88 Å². The summed E-state index contributed by atoms with van der Waals surface area (Å²) >= 11 is 0. The normalized spacial score (nSPS) is 16.3. The molecule has 0 radical (unpaired) electrons. The van der Waals surface area contributed by atoms with Crippen molar-refractivity contribution in [2.45, 2.75) is 31.6 Å². The maximum atomic E-state index is 11.4. The van der Waals surface area contributed by atoms with Crippen molar-refractivity contribution in [2.75, 3.05) is 7.11 Å². The largest absolute Gasteiger partial charge is 0.481 e. The zero-order valence-corrected chi connectivity index (χ0v) is 9.40. The Morgan fingerprint density at radius 1 is 1.50 bits per heavy atom. The van der Waals surface area contributed by atoms with Crippen LogP contribution in [-0.2, 0) is 0 Å². The van der Waals surface area contributed by atoms with Crippen LogP contribution in [0.2, 0.25) is 0 Å². The predicted molar refractivity (Wildman–Crippen MR) is 60.5 cm³/mol. The van der Waals surface area contributed by atoms with Crippen LogP contribution in [0.1, 0.15) is 47.5 Å². The third kappa shape index (κ3) is 2.01. The number of ether oxygens (including phenoxy) is 1. The number of carbonyl (C=O) groups is 1. The fraction of sp³-hybridized carbons (Fsp3) is 0.500. The lowest BCUT2D eigenvalue weighted by molar-refractivity contribution is 0.0998. The zero-order chi connectivity index (χ0) is 11.5. The van der Waals surface area contributed by atoms with Crippen molar-refractivity contribution in [1.29, 1.82) is 0 Å². The number of aromatic nitrogens is 1. The second kappa shape index (κ2) is 4.51. The van der Waals surface area contributed by atoms with Crippen LogP contribution < -0.4 is 10.5 Å². The minimum atomic E-state index is -0.400. The van der Waals surface area contributed by atoms with E-state index in [2.05, 4.69) is 4.98 Å². The Bertz CT molecular complexity index is 398. The molecule has 1 amide bonds. The summed E-state index contributed by atoms with van der Waals surface area (Å²) in [6.45, 7) is 0. The van der Waals surface area contributed by atoms with Gasteiger partial charge in [0.2, 0.25) is 11.8 Å². The molecule has 1 aliphatic rings. The highest BCUT2D eigenvalue weighted by Gasteiger charge is 2.22. The van der Waals surface area contributed by atoms with E-state index in [9.17, 15) is 4.79 Å². The van der Waals surface area contributed by atoms with Crippen LogP contribution in [-0.4, -0.2) is 18.0 Å². The van der Waals surface area contributed by atoms with E-state index in [1.165, 1.54) is 20.0 Å². The second-order valence-corrected chi connectivity index (χ2v) is 4.16. The van der Waals surface area contributed by atoms with E-state index < -0.39 is 5.91 Å². The topological polar surface area (TPSA) is 65.2 Å². The Balaban J connectivity index is 2.39. The number of primary amides is 1. The molecule has 1 aromatic rings. The smallest absolute Gasteiger partial charge is 0.249 e. The van der Waals surface area contributed by atoms with E-state index in [1.54, 1.807) is 12.3 Å². The van der Waals surface area contributed by atoms with Gasteiger partial charge in [-0.15, -0.1) is 0 Å². The number of carbonyl (C=O) groups excluding carboxylic acids is 1. The Morgan fingerprint density at radius 2 is 2.19 bits per heavy atom. The number of rotatable bonds is 3. The molecule has 0 bridgehead atoms. The van der Waals surface area contributed by atoms with Gasteiger partial charge in [-0.25, -0.2) is 4.98 Å². The molecule has 0 aliphatic heterocycles. The average molecular weight is 220 g/mol. The van der Waals surface area contributed by atoms with E-state index in [0.29, 0.717) is 17.4 Å². The van der Waals surface area contributed by atoms with Gasteiger partial charge in [0.1, 0.15) is 0 Å². The van der Waals surface area contributed by atoms with Crippen LogP contribution in [0.15, 0.2) is 12.3 Å². The van der Waals surface area contributed by atoms with Gasteiger partial charge in [-0.1, -0.05) is 12.8 Å². The lowest BCUT2D eigenvalue weighted by atomic mass is 9.94. The van der Waals surface area contributed by atoms with E-state index in [-0.39, 0.29) is 0 Å². The van der Waals surface area contributed by atoms with Crippen molar-refractivity contribution in [2.24, 2.45) is 5.73 Å². The third-order valence-corrected chi connectivity index (χ3v) is 3.18. The Labute approximate surface area is 94.8 Å². The van der Waals surface area contributed by atoms with Gasteiger partial charge in [-0.05, 0) is 24.3 Å². The Kier molecular flexibility index (Phi) is 3.08. The number of nitrogens with two attached hydrogens (primary N) is 1. The van der Waals surface area contributed by atoms with Gasteiger partial charge in [0.05, 0.1) is 7.11 Å². The van der Waals surface area contributed by atoms with Crippen LogP contribution in [0.5, 0.6) is 5.88 Å². The molecule has 0 aromatic carbocycles. The highest BCUT2D eigenvalue weighted by Crippen LogP contribution is 2.36. The molecule has 0 spiro atoms. The molecule has 2 N–H and O–H groups in total. The monoisotopic (exact) mass is 220 g/mol. The van der Waals surface area contributed by atoms with Crippen molar-refractivity contribution in [1.82, 2.24) is 4.98 Å². The summed E-state index contributed by atoms with van der Waals surface area (Å²) in [5.74, 6) is 0.471. The first-order valence-corrected chi connectivity index (χ1v) is 5.56. The zero-order valence-electron chi connectivity index (χ0n) is 9.40. The summed E-state index contributed by atoms with van der Waals surface area (Å²) in [5.41, 5.74) is 6.92. The molecule has 4 heteroatoms. The molecule has 0 unspecified atom stereocenters. The highest BCUT2D eigenvalue weighted by atomic mass is 16.5. The molecule has 1 aromatic heterocycles. The van der Waals surface area contributed by atoms with Crippen LogP contribution in [0.4, 0.5) is 0 Å². The summed E-state index contributed by atoms with van der Waals surface area (Å²) in [5, 5.41) is 0. The Hall–Kier alpha value is -1.58. The first-order chi connectivity index (χ1) is 7.72. The van der Waals surface area contributed by atoms with Gasteiger partial charge in [0.25, 0.3) is 0 Å². The fourth-order valence-corrected chi connectivity index (χ4v) is 2.33.